The SMILES string of the molecule is C[Si](C)(CC12c3c4c5c6c7c8c(c9c%10c1c1c3c3c%11c4c4c5c5c7c7c%12c8c8c9c9c%10c%10c1c1c3c3c%11c%11c4c4c5c7c5c7c%12c8c8c9c9c%10c1c1c3c3c%11c4c5c4c7c8c9c1c34)C62)OCc1ccc(Br)cc1. The summed E-state index contributed by atoms with van der Waals surface area (Å²) in [6.07, 6.45) is 0. The lowest BCUT2D eigenvalue weighted by atomic mass is 9.58. The molecule has 0 aliphatic heterocycles. The Bertz CT molecular complexity index is 7220. The Morgan fingerprint density at radius 3 is 0.781 bits per heavy atom. The maximum Gasteiger partial charge on any atom is 0.188 e. The first kappa shape index (κ1) is 29.1. The summed E-state index contributed by atoms with van der Waals surface area (Å²) in [7, 11) is -2.49. The molecule has 1 nitrogen and oxygen atoms in total. The summed E-state index contributed by atoms with van der Waals surface area (Å²) in [5.41, 5.74) is 8.09. The van der Waals surface area contributed by atoms with Crippen LogP contribution in [-0.4, -0.2) is 8.32 Å². The molecule has 4 aliphatic rings. The van der Waals surface area contributed by atoms with Gasteiger partial charge in [0.25, 0.3) is 0 Å². The van der Waals surface area contributed by atoms with Crippen molar-refractivity contribution >= 4 is 315 Å². The summed E-state index contributed by atoms with van der Waals surface area (Å²) >= 11 is 3.74. The fraction of sp³-hybridized carbons (Fsp3) is 0.0857. The van der Waals surface area contributed by atoms with Crippen LogP contribution in [0.3, 0.4) is 0 Å². The molecule has 0 spiro atoms. The van der Waals surface area contributed by atoms with Crippen molar-refractivity contribution in [2.45, 2.75) is 37.1 Å². The van der Waals surface area contributed by atoms with Crippen molar-refractivity contribution in [1.29, 1.82) is 0 Å². The van der Waals surface area contributed by atoms with Gasteiger partial charge in [-0.1, -0.05) is 28.1 Å². The van der Waals surface area contributed by atoms with Crippen LogP contribution in [0.1, 0.15) is 33.7 Å². The van der Waals surface area contributed by atoms with Gasteiger partial charge in [-0.25, -0.2) is 0 Å². The number of rotatable bonds is 5. The van der Waals surface area contributed by atoms with Crippen LogP contribution < -0.4 is 0 Å². The molecule has 0 amide bonds. The van der Waals surface area contributed by atoms with Gasteiger partial charge in [0.15, 0.2) is 8.32 Å². The van der Waals surface area contributed by atoms with Crippen molar-refractivity contribution in [3.8, 4) is 0 Å². The summed E-state index contributed by atoms with van der Waals surface area (Å²) in [5.74, 6) is 0.265. The van der Waals surface area contributed by atoms with Crippen molar-refractivity contribution in [2.24, 2.45) is 0 Å². The minimum atomic E-state index is -2.49. The Hall–Kier alpha value is -7.66. The second-order valence-electron chi connectivity index (χ2n) is 27.1. The van der Waals surface area contributed by atoms with Gasteiger partial charge in [-0.05, 0) is 350 Å². The maximum atomic E-state index is 7.68. The van der Waals surface area contributed by atoms with E-state index in [0.29, 0.717) is 6.61 Å². The molecule has 0 saturated carbocycles. The third-order valence-electron chi connectivity index (χ3n) is 25.5. The van der Waals surface area contributed by atoms with Gasteiger partial charge in [-0.3, -0.25) is 0 Å². The molecule has 0 atom stereocenters. The molecule has 0 fully saturated rings. The summed E-state index contributed by atoms with van der Waals surface area (Å²) in [4.78, 5) is 0. The summed E-state index contributed by atoms with van der Waals surface area (Å²) in [6, 6.07) is 10.1. The van der Waals surface area contributed by atoms with Crippen LogP contribution >= 0.6 is 15.9 Å². The van der Waals surface area contributed by atoms with Crippen LogP contribution in [0.25, 0.3) is 291 Å². The van der Waals surface area contributed by atoms with E-state index >= 15 is 0 Å². The summed E-state index contributed by atoms with van der Waals surface area (Å²) in [5, 5.41) is 90.1. The molecule has 29 aromatic rings. The van der Waals surface area contributed by atoms with Crippen molar-refractivity contribution in [1.82, 2.24) is 0 Å². The third-order valence-corrected chi connectivity index (χ3v) is 28.4. The fourth-order valence-electron chi connectivity index (χ4n) is 25.2. The molecule has 33 rings (SSSR count). The molecule has 0 aromatic heterocycles. The molecule has 4 aliphatic carbocycles. The van der Waals surface area contributed by atoms with E-state index in [0.717, 1.165) is 10.5 Å². The van der Waals surface area contributed by atoms with Crippen molar-refractivity contribution in [3.63, 3.8) is 0 Å². The van der Waals surface area contributed by atoms with Crippen LogP contribution in [0.2, 0.25) is 19.1 Å². The highest BCUT2D eigenvalue weighted by Gasteiger charge is 2.64. The van der Waals surface area contributed by atoms with Gasteiger partial charge in [-0.15, -0.1) is 0 Å². The molecule has 73 heavy (non-hydrogen) atoms. The predicted octanol–water partition coefficient (Wildman–Crippen LogP) is 20.3. The van der Waals surface area contributed by atoms with Crippen LogP contribution in [0.4, 0.5) is 0 Å². The lowest BCUT2D eigenvalue weighted by Gasteiger charge is -2.48. The van der Waals surface area contributed by atoms with Crippen molar-refractivity contribution in [2.75, 3.05) is 0 Å². The monoisotopic (exact) mass is 978 g/mol. The van der Waals surface area contributed by atoms with Crippen LogP contribution in [0, 0.1) is 0 Å². The highest BCUT2D eigenvalue weighted by Crippen LogP contribution is 2.84. The first-order chi connectivity index (χ1) is 36.0. The fourth-order valence-corrected chi connectivity index (χ4v) is 28.0. The lowest BCUT2D eigenvalue weighted by molar-refractivity contribution is 0.286. The standard InChI is InChI=1S/C70H15BrOSi/c1-73(2,72-7-9-3-5-10(71)6-4-9)8-70-67-63-57-43-35-27-15-12-11-13-16(15)28-30-26-20(13)22-18-14(11)17-21-19(12)25-29(27)41(43)49-47-33(25)31(21)39-37-23(17)24(18)38-40-32(22)34(26)48-50-42(30)44(36(28)35)58(57)64(67)60(50)62-54(48)52(40)56-46(38)45(37)55-51(39)53(47)61(59(49)63)68(70)65(55)66(56)69(62)70/h3-6,67H,7-8H2,1-2H3. The Kier molecular flexibility index (Phi) is 2.73. The lowest BCUT2D eigenvalue weighted by Crippen LogP contribution is -2.45. The molecule has 312 valence electrons. The Balaban J connectivity index is 1.06. The van der Waals surface area contributed by atoms with Gasteiger partial charge in [0.2, 0.25) is 0 Å². The second kappa shape index (κ2) is 6.83. The largest absolute Gasteiger partial charge is 0.413 e. The Morgan fingerprint density at radius 1 is 0.315 bits per heavy atom. The molecule has 3 heteroatoms. The van der Waals surface area contributed by atoms with Gasteiger partial charge in [0.1, 0.15) is 0 Å². The van der Waals surface area contributed by atoms with E-state index < -0.39 is 8.32 Å². The molecular weight excluding hydrogens is 965 g/mol. The minimum Gasteiger partial charge on any atom is -0.413 e. The van der Waals surface area contributed by atoms with E-state index in [1.807, 2.05) is 0 Å². The molecule has 0 bridgehead atoms. The van der Waals surface area contributed by atoms with E-state index in [4.69, 9.17) is 4.43 Å². The van der Waals surface area contributed by atoms with Gasteiger partial charge >= 0.3 is 0 Å². The normalized spacial score (nSPS) is 20.6. The minimum absolute atomic E-state index is 0.235. The number of halogens is 1. The van der Waals surface area contributed by atoms with Gasteiger partial charge < -0.3 is 4.43 Å². The quantitative estimate of drug-likeness (QED) is 0.123. The number of benzene rings is 19. The molecule has 0 radical (unpaired) electrons. The smallest absolute Gasteiger partial charge is 0.188 e. The topological polar surface area (TPSA) is 9.23 Å². The van der Waals surface area contributed by atoms with E-state index in [1.165, 1.54) is 5.56 Å². The number of hydrogen-bond acceptors (Lipinski definition) is 1. The van der Waals surface area contributed by atoms with Crippen molar-refractivity contribution < 1.29 is 4.43 Å². The summed E-state index contributed by atoms with van der Waals surface area (Å²) < 4.78 is 8.81. The first-order valence-electron chi connectivity index (χ1n) is 27.2. The van der Waals surface area contributed by atoms with E-state index in [2.05, 4.69) is 53.3 Å². The highest BCUT2D eigenvalue weighted by atomic mass is 79.9. The van der Waals surface area contributed by atoms with E-state index in [9.17, 15) is 0 Å². The molecular formula is C70H15BrOSi. The van der Waals surface area contributed by atoms with Crippen LogP contribution in [0.15, 0.2) is 28.7 Å². The van der Waals surface area contributed by atoms with Crippen LogP contribution in [0.5, 0.6) is 0 Å². The zero-order valence-electron chi connectivity index (χ0n) is 38.1. The molecule has 0 saturated heterocycles. The summed E-state index contributed by atoms with van der Waals surface area (Å²) in [6.45, 7) is 5.92. The van der Waals surface area contributed by atoms with Gasteiger partial charge in [-0.2, -0.15) is 0 Å². The van der Waals surface area contributed by atoms with Gasteiger partial charge in [0, 0.05) is 15.8 Å². The highest BCUT2D eigenvalue weighted by molar-refractivity contribution is 9.10. The zero-order chi connectivity index (χ0) is 44.2. The molecule has 0 heterocycles. The first-order valence-corrected chi connectivity index (χ1v) is 31.1. The molecule has 0 unspecified atom stereocenters. The third kappa shape index (κ3) is 1.73. The molecule has 29 aromatic carbocycles. The second-order valence-corrected chi connectivity index (χ2v) is 32.2. The Labute approximate surface area is 410 Å². The van der Waals surface area contributed by atoms with Crippen molar-refractivity contribution in [3.05, 3.63) is 56.6 Å². The van der Waals surface area contributed by atoms with E-state index in [1.54, 1.807) is 313 Å². The maximum absolute atomic E-state index is 7.68. The zero-order valence-corrected chi connectivity index (χ0v) is 40.7. The molecule has 0 N–H and O–H groups in total. The van der Waals surface area contributed by atoms with Crippen LogP contribution in [-0.2, 0) is 16.4 Å². The van der Waals surface area contributed by atoms with Gasteiger partial charge in [0.05, 0.1) is 6.61 Å². The van der Waals surface area contributed by atoms with E-state index in [-0.39, 0.29) is 11.3 Å². The number of hydrogen-bond donors (Lipinski definition) is 0. The average Bonchev–Trinajstić information content (AvgIpc) is 3.65. The predicted molar refractivity (Wildman–Crippen MR) is 316 cm³/mol. The average molecular weight is 980 g/mol. The Morgan fingerprint density at radius 2 is 0.521 bits per heavy atom.